The Balaban J connectivity index is 2.12. The number of aromatic hydroxyl groups is 1. The van der Waals surface area contributed by atoms with Crippen LogP contribution in [0.5, 0.6) is 5.75 Å². The van der Waals surface area contributed by atoms with Crippen molar-refractivity contribution in [2.24, 2.45) is 5.73 Å². The van der Waals surface area contributed by atoms with E-state index in [1.165, 1.54) is 0 Å². The second-order valence-electron chi connectivity index (χ2n) is 4.58. The fourth-order valence-electron chi connectivity index (χ4n) is 2.17. The molecule has 0 saturated carbocycles. The molecule has 1 aromatic heterocycles. The van der Waals surface area contributed by atoms with Crippen LogP contribution in [0.4, 0.5) is 0 Å². The van der Waals surface area contributed by atoms with Gasteiger partial charge >= 0.3 is 0 Å². The van der Waals surface area contributed by atoms with Crippen LogP contribution in [0.15, 0.2) is 12.1 Å². The second kappa shape index (κ2) is 4.39. The SMILES string of the molecule is Cc1ccc(O)c(CN2CCC(N)C2C)n1. The first-order valence-electron chi connectivity index (χ1n) is 5.73. The Hall–Kier alpha value is -1.13. The summed E-state index contributed by atoms with van der Waals surface area (Å²) in [5.74, 6) is 0.276. The molecule has 88 valence electrons. The third-order valence-electron chi connectivity index (χ3n) is 3.39. The molecule has 2 unspecified atom stereocenters. The molecule has 0 aliphatic carbocycles. The number of aromatic nitrogens is 1. The molecule has 2 heterocycles. The highest BCUT2D eigenvalue weighted by molar-refractivity contribution is 5.27. The summed E-state index contributed by atoms with van der Waals surface area (Å²) in [5.41, 5.74) is 7.65. The number of likely N-dealkylation sites (tertiary alicyclic amines) is 1. The zero-order valence-corrected chi connectivity index (χ0v) is 9.85. The molecule has 0 spiro atoms. The summed E-state index contributed by atoms with van der Waals surface area (Å²) in [6.45, 7) is 5.73. The Morgan fingerprint density at radius 3 is 2.94 bits per heavy atom. The average molecular weight is 221 g/mol. The molecule has 0 radical (unpaired) electrons. The van der Waals surface area contributed by atoms with Crippen molar-refractivity contribution in [2.45, 2.75) is 38.9 Å². The molecule has 1 fully saturated rings. The normalized spacial score (nSPS) is 26.2. The summed E-state index contributed by atoms with van der Waals surface area (Å²) in [7, 11) is 0. The highest BCUT2D eigenvalue weighted by Gasteiger charge is 2.28. The van der Waals surface area contributed by atoms with Crippen molar-refractivity contribution in [1.82, 2.24) is 9.88 Å². The van der Waals surface area contributed by atoms with Gasteiger partial charge in [0.05, 0.1) is 5.69 Å². The lowest BCUT2D eigenvalue weighted by Crippen LogP contribution is -2.36. The fraction of sp³-hybridized carbons (Fsp3) is 0.583. The second-order valence-corrected chi connectivity index (χ2v) is 4.58. The van der Waals surface area contributed by atoms with Crippen LogP contribution in [0.1, 0.15) is 24.7 Å². The molecular formula is C12H19N3O. The molecule has 1 aliphatic heterocycles. The summed E-state index contributed by atoms with van der Waals surface area (Å²) in [6.07, 6.45) is 1.02. The van der Waals surface area contributed by atoms with Crippen LogP contribution in [0.2, 0.25) is 0 Å². The van der Waals surface area contributed by atoms with Crippen molar-refractivity contribution >= 4 is 0 Å². The maximum Gasteiger partial charge on any atom is 0.138 e. The number of aryl methyl sites for hydroxylation is 1. The molecule has 1 aliphatic rings. The van der Waals surface area contributed by atoms with Gasteiger partial charge in [0.15, 0.2) is 0 Å². The largest absolute Gasteiger partial charge is 0.506 e. The van der Waals surface area contributed by atoms with Crippen molar-refractivity contribution in [3.63, 3.8) is 0 Å². The molecule has 3 N–H and O–H groups in total. The van der Waals surface area contributed by atoms with Gasteiger partial charge in [-0.25, -0.2) is 0 Å². The van der Waals surface area contributed by atoms with Crippen molar-refractivity contribution < 1.29 is 5.11 Å². The fourth-order valence-corrected chi connectivity index (χ4v) is 2.17. The lowest BCUT2D eigenvalue weighted by molar-refractivity contribution is 0.245. The molecule has 16 heavy (non-hydrogen) atoms. The monoisotopic (exact) mass is 221 g/mol. The van der Waals surface area contributed by atoms with Gasteiger partial charge in [-0.1, -0.05) is 0 Å². The summed E-state index contributed by atoms with van der Waals surface area (Å²) in [6, 6.07) is 4.13. The van der Waals surface area contributed by atoms with Crippen LogP contribution in [0, 0.1) is 6.92 Å². The predicted octanol–water partition coefficient (Wildman–Crippen LogP) is 1.02. The number of rotatable bonds is 2. The first-order valence-corrected chi connectivity index (χ1v) is 5.73. The van der Waals surface area contributed by atoms with Crippen molar-refractivity contribution in [3.05, 3.63) is 23.5 Å². The van der Waals surface area contributed by atoms with Gasteiger partial charge in [-0.3, -0.25) is 9.88 Å². The molecule has 4 nitrogen and oxygen atoms in total. The zero-order valence-electron chi connectivity index (χ0n) is 9.85. The average Bonchev–Trinajstić information content (AvgIpc) is 2.55. The lowest BCUT2D eigenvalue weighted by Gasteiger charge is -2.22. The van der Waals surface area contributed by atoms with E-state index in [0.29, 0.717) is 12.6 Å². The number of hydrogen-bond acceptors (Lipinski definition) is 4. The minimum atomic E-state index is 0.243. The van der Waals surface area contributed by atoms with E-state index in [0.717, 1.165) is 24.4 Å². The van der Waals surface area contributed by atoms with Crippen LogP contribution in [-0.2, 0) is 6.54 Å². The van der Waals surface area contributed by atoms with Gasteiger partial charge in [0.2, 0.25) is 0 Å². The number of pyridine rings is 1. The Morgan fingerprint density at radius 1 is 1.56 bits per heavy atom. The molecule has 2 atom stereocenters. The van der Waals surface area contributed by atoms with E-state index in [4.69, 9.17) is 5.73 Å². The predicted molar refractivity (Wildman–Crippen MR) is 63.1 cm³/mol. The molecular weight excluding hydrogens is 202 g/mol. The van der Waals surface area contributed by atoms with Gasteiger partial charge in [-0.05, 0) is 32.4 Å². The Bertz CT molecular complexity index is 381. The molecule has 4 heteroatoms. The first kappa shape index (κ1) is 11.4. The van der Waals surface area contributed by atoms with Gasteiger partial charge in [0, 0.05) is 30.9 Å². The van der Waals surface area contributed by atoms with Crippen LogP contribution in [-0.4, -0.2) is 33.6 Å². The number of nitrogens with two attached hydrogens (primary N) is 1. The van der Waals surface area contributed by atoms with Gasteiger partial charge in [0.1, 0.15) is 5.75 Å². The Kier molecular flexibility index (Phi) is 3.12. The molecule has 0 bridgehead atoms. The third kappa shape index (κ3) is 2.18. The lowest BCUT2D eigenvalue weighted by atomic mass is 10.1. The summed E-state index contributed by atoms with van der Waals surface area (Å²) in [4.78, 5) is 6.63. The molecule has 1 saturated heterocycles. The van der Waals surface area contributed by atoms with Gasteiger partial charge < -0.3 is 10.8 Å². The van der Waals surface area contributed by atoms with Crippen LogP contribution < -0.4 is 5.73 Å². The van der Waals surface area contributed by atoms with Crippen LogP contribution in [0.3, 0.4) is 0 Å². The zero-order chi connectivity index (χ0) is 11.7. The van der Waals surface area contributed by atoms with E-state index >= 15 is 0 Å². The van der Waals surface area contributed by atoms with Crippen molar-refractivity contribution in [1.29, 1.82) is 0 Å². The van der Waals surface area contributed by atoms with E-state index in [-0.39, 0.29) is 11.8 Å². The smallest absolute Gasteiger partial charge is 0.138 e. The highest BCUT2D eigenvalue weighted by atomic mass is 16.3. The number of hydrogen-bond donors (Lipinski definition) is 2. The van der Waals surface area contributed by atoms with E-state index in [1.54, 1.807) is 6.07 Å². The number of nitrogens with zero attached hydrogens (tertiary/aromatic N) is 2. The van der Waals surface area contributed by atoms with E-state index < -0.39 is 0 Å². The van der Waals surface area contributed by atoms with Crippen LogP contribution in [0.25, 0.3) is 0 Å². The Morgan fingerprint density at radius 2 is 2.31 bits per heavy atom. The van der Waals surface area contributed by atoms with Gasteiger partial charge in [-0.2, -0.15) is 0 Å². The standard InChI is InChI=1S/C12H19N3O/c1-8-3-4-12(16)11(14-8)7-15-6-5-10(13)9(15)2/h3-4,9-10,16H,5-7,13H2,1-2H3. The first-order chi connectivity index (χ1) is 7.58. The third-order valence-corrected chi connectivity index (χ3v) is 3.39. The Labute approximate surface area is 96.1 Å². The molecule has 0 amide bonds. The summed E-state index contributed by atoms with van der Waals surface area (Å²) >= 11 is 0. The van der Waals surface area contributed by atoms with E-state index in [1.807, 2.05) is 13.0 Å². The van der Waals surface area contributed by atoms with Crippen molar-refractivity contribution in [2.75, 3.05) is 6.54 Å². The maximum absolute atomic E-state index is 9.73. The van der Waals surface area contributed by atoms with Crippen LogP contribution >= 0.6 is 0 Å². The topological polar surface area (TPSA) is 62.4 Å². The van der Waals surface area contributed by atoms with E-state index in [2.05, 4.69) is 16.8 Å². The molecule has 0 aromatic carbocycles. The van der Waals surface area contributed by atoms with Crippen molar-refractivity contribution in [3.8, 4) is 5.75 Å². The van der Waals surface area contributed by atoms with Gasteiger partial charge in [0.25, 0.3) is 0 Å². The highest BCUT2D eigenvalue weighted by Crippen LogP contribution is 2.22. The minimum Gasteiger partial charge on any atom is -0.506 e. The molecule has 1 aromatic rings. The molecule has 2 rings (SSSR count). The quantitative estimate of drug-likeness (QED) is 0.782. The summed E-state index contributed by atoms with van der Waals surface area (Å²) < 4.78 is 0. The van der Waals surface area contributed by atoms with Gasteiger partial charge in [-0.15, -0.1) is 0 Å². The summed E-state index contributed by atoms with van der Waals surface area (Å²) in [5, 5.41) is 9.73. The van der Waals surface area contributed by atoms with E-state index in [9.17, 15) is 5.11 Å². The minimum absolute atomic E-state index is 0.243. The maximum atomic E-state index is 9.73.